The number of halogens is 2. The quantitative estimate of drug-likeness (QED) is 0.920. The molecule has 6 heteroatoms. The normalized spacial score (nSPS) is 11.2. The summed E-state index contributed by atoms with van der Waals surface area (Å²) in [6, 6.07) is 3.41. The van der Waals surface area contributed by atoms with Crippen LogP contribution in [0.15, 0.2) is 18.2 Å². The van der Waals surface area contributed by atoms with Gasteiger partial charge in [-0.15, -0.1) is 0 Å². The van der Waals surface area contributed by atoms with Gasteiger partial charge in [-0.05, 0) is 6.92 Å². The summed E-state index contributed by atoms with van der Waals surface area (Å²) in [7, 11) is 1.73. The third-order valence-electron chi connectivity index (χ3n) is 3.03. The molecule has 4 nitrogen and oxygen atoms in total. The van der Waals surface area contributed by atoms with Gasteiger partial charge in [0.2, 0.25) is 5.88 Å². The fourth-order valence-electron chi connectivity index (χ4n) is 2.02. The predicted octanol–water partition coefficient (Wildman–Crippen LogP) is 3.30. The first-order valence-corrected chi connectivity index (χ1v) is 6.76. The number of aromatic nitrogens is 2. The molecule has 2 rings (SSSR count). The molecule has 0 aliphatic heterocycles. The number of hydrogen-bond donors (Lipinski definition) is 1. The molecule has 0 fully saturated rings. The van der Waals surface area contributed by atoms with Crippen molar-refractivity contribution in [3.05, 3.63) is 41.1 Å². The van der Waals surface area contributed by atoms with E-state index in [1.165, 1.54) is 0 Å². The Kier molecular flexibility index (Phi) is 4.57. The van der Waals surface area contributed by atoms with Gasteiger partial charge in [0.15, 0.2) is 0 Å². The topological polar surface area (TPSA) is 39.1 Å². The molecule has 1 aromatic heterocycles. The van der Waals surface area contributed by atoms with Gasteiger partial charge in [0, 0.05) is 37.8 Å². The van der Waals surface area contributed by atoms with Crippen LogP contribution in [0.25, 0.3) is 0 Å². The summed E-state index contributed by atoms with van der Waals surface area (Å²) in [5.74, 6) is -0.761. The molecular formula is C15H19F2N3O. The van der Waals surface area contributed by atoms with E-state index in [4.69, 9.17) is 4.74 Å². The van der Waals surface area contributed by atoms with E-state index in [0.717, 1.165) is 29.5 Å². The standard InChI is InChI=1S/C15H19F2N3O/c1-9(2)18-8-14-10(3)19-20(4)15(14)21-13-6-11(16)5-12(17)7-13/h5-7,9,18H,8H2,1-4H3. The van der Waals surface area contributed by atoms with E-state index in [1.54, 1.807) is 11.7 Å². The average Bonchev–Trinajstić information content (AvgIpc) is 2.60. The molecule has 0 aliphatic carbocycles. The summed E-state index contributed by atoms with van der Waals surface area (Å²) in [5, 5.41) is 7.58. The minimum absolute atomic E-state index is 0.112. The Morgan fingerprint density at radius 1 is 1.24 bits per heavy atom. The highest BCUT2D eigenvalue weighted by atomic mass is 19.1. The van der Waals surface area contributed by atoms with Crippen molar-refractivity contribution >= 4 is 0 Å². The molecule has 114 valence electrons. The number of rotatable bonds is 5. The molecule has 0 unspecified atom stereocenters. The lowest BCUT2D eigenvalue weighted by molar-refractivity contribution is 0.415. The Morgan fingerprint density at radius 2 is 1.86 bits per heavy atom. The zero-order valence-corrected chi connectivity index (χ0v) is 12.6. The van der Waals surface area contributed by atoms with E-state index in [9.17, 15) is 8.78 Å². The van der Waals surface area contributed by atoms with Crippen molar-refractivity contribution in [3.63, 3.8) is 0 Å². The lowest BCUT2D eigenvalue weighted by atomic mass is 10.2. The molecule has 0 radical (unpaired) electrons. The highest BCUT2D eigenvalue weighted by Crippen LogP contribution is 2.28. The van der Waals surface area contributed by atoms with Crippen molar-refractivity contribution in [1.82, 2.24) is 15.1 Å². The van der Waals surface area contributed by atoms with Crippen LogP contribution in [-0.4, -0.2) is 15.8 Å². The van der Waals surface area contributed by atoms with Crippen LogP contribution in [0.1, 0.15) is 25.1 Å². The average molecular weight is 295 g/mol. The number of nitrogens with zero attached hydrogens (tertiary/aromatic N) is 2. The Bertz CT molecular complexity index is 618. The highest BCUT2D eigenvalue weighted by molar-refractivity contribution is 5.36. The third-order valence-corrected chi connectivity index (χ3v) is 3.03. The Hall–Kier alpha value is -1.95. The van der Waals surface area contributed by atoms with Crippen LogP contribution in [0.4, 0.5) is 8.78 Å². The summed E-state index contributed by atoms with van der Waals surface area (Å²) in [6.45, 7) is 6.52. The molecular weight excluding hydrogens is 276 g/mol. The van der Waals surface area contributed by atoms with Gasteiger partial charge in [0.05, 0.1) is 11.3 Å². The van der Waals surface area contributed by atoms with Crippen molar-refractivity contribution in [1.29, 1.82) is 0 Å². The second-order valence-corrected chi connectivity index (χ2v) is 5.24. The number of hydrogen-bond acceptors (Lipinski definition) is 3. The van der Waals surface area contributed by atoms with Gasteiger partial charge < -0.3 is 10.1 Å². The predicted molar refractivity (Wildman–Crippen MR) is 76.4 cm³/mol. The van der Waals surface area contributed by atoms with Gasteiger partial charge in [-0.1, -0.05) is 13.8 Å². The van der Waals surface area contributed by atoms with Crippen LogP contribution in [-0.2, 0) is 13.6 Å². The number of nitrogens with one attached hydrogen (secondary N) is 1. The van der Waals surface area contributed by atoms with E-state index < -0.39 is 11.6 Å². The van der Waals surface area contributed by atoms with Gasteiger partial charge in [0.25, 0.3) is 0 Å². The largest absolute Gasteiger partial charge is 0.439 e. The van der Waals surface area contributed by atoms with Gasteiger partial charge in [-0.3, -0.25) is 0 Å². The van der Waals surface area contributed by atoms with Gasteiger partial charge in [0.1, 0.15) is 17.4 Å². The Balaban J connectivity index is 2.30. The molecule has 1 heterocycles. The smallest absolute Gasteiger partial charge is 0.222 e. The minimum atomic E-state index is -0.675. The number of aryl methyl sites for hydroxylation is 2. The Morgan fingerprint density at radius 3 is 2.43 bits per heavy atom. The maximum absolute atomic E-state index is 13.2. The molecule has 2 aromatic rings. The SMILES string of the molecule is Cc1nn(C)c(Oc2cc(F)cc(F)c2)c1CNC(C)C. The molecule has 0 saturated carbocycles. The molecule has 1 aromatic carbocycles. The van der Waals surface area contributed by atoms with E-state index in [1.807, 2.05) is 20.8 Å². The van der Waals surface area contributed by atoms with Gasteiger partial charge in [-0.25, -0.2) is 13.5 Å². The van der Waals surface area contributed by atoms with E-state index in [2.05, 4.69) is 10.4 Å². The van der Waals surface area contributed by atoms with Crippen molar-refractivity contribution in [2.45, 2.75) is 33.4 Å². The van der Waals surface area contributed by atoms with Crippen LogP contribution in [0, 0.1) is 18.6 Å². The van der Waals surface area contributed by atoms with Crippen molar-refractivity contribution in [3.8, 4) is 11.6 Å². The van der Waals surface area contributed by atoms with Gasteiger partial charge >= 0.3 is 0 Å². The van der Waals surface area contributed by atoms with Crippen LogP contribution >= 0.6 is 0 Å². The lowest BCUT2D eigenvalue weighted by Crippen LogP contribution is -2.22. The monoisotopic (exact) mass is 295 g/mol. The molecule has 0 atom stereocenters. The van der Waals surface area contributed by atoms with Crippen LogP contribution in [0.5, 0.6) is 11.6 Å². The van der Waals surface area contributed by atoms with Crippen molar-refractivity contribution in [2.24, 2.45) is 7.05 Å². The molecule has 0 saturated heterocycles. The summed E-state index contributed by atoms with van der Waals surface area (Å²) < 4.78 is 33.7. The van der Waals surface area contributed by atoms with Gasteiger partial charge in [-0.2, -0.15) is 5.10 Å². The second kappa shape index (κ2) is 6.22. The fraction of sp³-hybridized carbons (Fsp3) is 0.400. The first-order chi connectivity index (χ1) is 9.86. The summed E-state index contributed by atoms with van der Waals surface area (Å²) in [4.78, 5) is 0. The van der Waals surface area contributed by atoms with E-state index in [0.29, 0.717) is 18.5 Å². The zero-order chi connectivity index (χ0) is 15.6. The Labute approximate surface area is 122 Å². The van der Waals surface area contributed by atoms with E-state index >= 15 is 0 Å². The van der Waals surface area contributed by atoms with Crippen LogP contribution in [0.3, 0.4) is 0 Å². The number of benzene rings is 1. The third kappa shape index (κ3) is 3.78. The molecule has 21 heavy (non-hydrogen) atoms. The second-order valence-electron chi connectivity index (χ2n) is 5.24. The maximum Gasteiger partial charge on any atom is 0.222 e. The molecule has 0 spiro atoms. The van der Waals surface area contributed by atoms with E-state index in [-0.39, 0.29) is 5.75 Å². The van der Waals surface area contributed by atoms with Crippen molar-refractivity contribution in [2.75, 3.05) is 0 Å². The maximum atomic E-state index is 13.2. The molecule has 0 aliphatic rings. The lowest BCUT2D eigenvalue weighted by Gasteiger charge is -2.11. The van der Waals surface area contributed by atoms with Crippen LogP contribution in [0.2, 0.25) is 0 Å². The molecule has 0 amide bonds. The first-order valence-electron chi connectivity index (χ1n) is 6.76. The zero-order valence-electron chi connectivity index (χ0n) is 12.6. The van der Waals surface area contributed by atoms with Crippen LogP contribution < -0.4 is 10.1 Å². The highest BCUT2D eigenvalue weighted by Gasteiger charge is 2.16. The fourth-order valence-corrected chi connectivity index (χ4v) is 2.02. The minimum Gasteiger partial charge on any atom is -0.439 e. The molecule has 1 N–H and O–H groups in total. The first kappa shape index (κ1) is 15.4. The molecule has 0 bridgehead atoms. The summed E-state index contributed by atoms with van der Waals surface area (Å²) >= 11 is 0. The number of ether oxygens (including phenoxy) is 1. The van der Waals surface area contributed by atoms with Crippen molar-refractivity contribution < 1.29 is 13.5 Å². The summed E-state index contributed by atoms with van der Waals surface area (Å²) in [6.07, 6.45) is 0. The summed E-state index contributed by atoms with van der Waals surface area (Å²) in [5.41, 5.74) is 1.69.